The van der Waals surface area contributed by atoms with E-state index in [2.05, 4.69) is 9.98 Å². The summed E-state index contributed by atoms with van der Waals surface area (Å²) >= 11 is 0. The number of hydrogen-bond donors (Lipinski definition) is 0. The Morgan fingerprint density at radius 3 is 3.00 bits per heavy atom. The Hall–Kier alpha value is -1.77. The van der Waals surface area contributed by atoms with Crippen molar-refractivity contribution in [3.8, 4) is 0 Å². The summed E-state index contributed by atoms with van der Waals surface area (Å²) in [4.78, 5) is 18.7. The molecule has 0 fully saturated rings. The van der Waals surface area contributed by atoms with Gasteiger partial charge in [0.25, 0.3) is 0 Å². The van der Waals surface area contributed by atoms with Crippen molar-refractivity contribution in [2.45, 2.75) is 6.04 Å². The third-order valence-corrected chi connectivity index (χ3v) is 1.82. The smallest absolute Gasteiger partial charge is 0.149 e. The van der Waals surface area contributed by atoms with Crippen LogP contribution in [0.4, 0.5) is 0 Å². The second-order valence-electron chi connectivity index (χ2n) is 2.74. The molecule has 1 aliphatic rings. The van der Waals surface area contributed by atoms with Gasteiger partial charge in [0.05, 0.1) is 5.36 Å². The Labute approximate surface area is 75.1 Å². The fourth-order valence-electron chi connectivity index (χ4n) is 1.19. The molecule has 0 N–H and O–H groups in total. The Bertz CT molecular complexity index is 462. The Kier molecular flexibility index (Phi) is 2.00. The number of carbonyl (C=O) groups is 1. The molecule has 0 saturated carbocycles. The summed E-state index contributed by atoms with van der Waals surface area (Å²) < 4.78 is 0. The van der Waals surface area contributed by atoms with E-state index in [4.69, 9.17) is 0 Å². The number of nitrogens with zero attached hydrogens (tertiary/aromatic N) is 2. The first-order valence-corrected chi connectivity index (χ1v) is 4.02. The van der Waals surface area contributed by atoms with Crippen molar-refractivity contribution in [2.24, 2.45) is 9.98 Å². The van der Waals surface area contributed by atoms with Crippen LogP contribution < -0.4 is 10.6 Å². The quantitative estimate of drug-likeness (QED) is 0.536. The molecule has 2 rings (SSSR count). The van der Waals surface area contributed by atoms with E-state index in [-0.39, 0.29) is 0 Å². The van der Waals surface area contributed by atoms with Crippen molar-refractivity contribution in [1.29, 1.82) is 0 Å². The molecule has 0 aliphatic carbocycles. The monoisotopic (exact) mass is 172 g/mol. The largest absolute Gasteiger partial charge is 0.301 e. The second kappa shape index (κ2) is 3.31. The molecule has 3 heteroatoms. The lowest BCUT2D eigenvalue weighted by molar-refractivity contribution is -0.107. The summed E-state index contributed by atoms with van der Waals surface area (Å²) in [7, 11) is 0. The van der Waals surface area contributed by atoms with Crippen molar-refractivity contribution in [3.63, 3.8) is 0 Å². The number of hydrogen-bond acceptors (Lipinski definition) is 3. The van der Waals surface area contributed by atoms with Gasteiger partial charge in [-0.1, -0.05) is 18.2 Å². The normalized spacial score (nSPS) is 19.2. The van der Waals surface area contributed by atoms with Gasteiger partial charge in [-0.15, -0.1) is 0 Å². The van der Waals surface area contributed by atoms with Gasteiger partial charge in [-0.05, 0) is 6.07 Å². The molecular formula is C10H8N2O. The zero-order chi connectivity index (χ0) is 9.10. The Balaban J connectivity index is 2.69. The van der Waals surface area contributed by atoms with Crippen LogP contribution in [0.1, 0.15) is 0 Å². The van der Waals surface area contributed by atoms with Crippen LogP contribution >= 0.6 is 0 Å². The van der Waals surface area contributed by atoms with Crippen LogP contribution in [0.25, 0.3) is 6.20 Å². The molecule has 1 aromatic rings. The SMILES string of the molecule is O=CC1C=NC=c2ccccc2=N1. The Morgan fingerprint density at radius 1 is 1.31 bits per heavy atom. The third-order valence-electron chi connectivity index (χ3n) is 1.82. The lowest BCUT2D eigenvalue weighted by Crippen LogP contribution is -2.25. The molecule has 1 atom stereocenters. The van der Waals surface area contributed by atoms with E-state index < -0.39 is 6.04 Å². The molecule has 3 nitrogen and oxygen atoms in total. The molecule has 1 heterocycles. The van der Waals surface area contributed by atoms with Gasteiger partial charge in [0, 0.05) is 17.6 Å². The summed E-state index contributed by atoms with van der Waals surface area (Å²) in [5, 5.41) is 1.76. The number of benzene rings is 1. The highest BCUT2D eigenvalue weighted by atomic mass is 16.1. The molecule has 0 bridgehead atoms. The minimum Gasteiger partial charge on any atom is -0.301 e. The molecule has 0 aromatic heterocycles. The number of aliphatic imine (C=N–C) groups is 1. The minimum absolute atomic E-state index is 0.445. The zero-order valence-corrected chi connectivity index (χ0v) is 6.92. The fourth-order valence-corrected chi connectivity index (χ4v) is 1.19. The maximum absolute atomic E-state index is 10.5. The molecular weight excluding hydrogens is 164 g/mol. The first kappa shape index (κ1) is 7.86. The van der Waals surface area contributed by atoms with Crippen molar-refractivity contribution in [2.75, 3.05) is 0 Å². The first-order chi connectivity index (χ1) is 6.40. The molecule has 1 unspecified atom stereocenters. The van der Waals surface area contributed by atoms with Crippen LogP contribution in [0.15, 0.2) is 34.3 Å². The molecule has 13 heavy (non-hydrogen) atoms. The van der Waals surface area contributed by atoms with Gasteiger partial charge in [-0.25, -0.2) is 0 Å². The topological polar surface area (TPSA) is 41.8 Å². The number of para-hydroxylation sites is 1. The van der Waals surface area contributed by atoms with Gasteiger partial charge in [-0.3, -0.25) is 9.98 Å². The van der Waals surface area contributed by atoms with Crippen LogP contribution in [0.2, 0.25) is 0 Å². The van der Waals surface area contributed by atoms with E-state index in [9.17, 15) is 4.79 Å². The fraction of sp³-hybridized carbons (Fsp3) is 0.100. The maximum atomic E-state index is 10.5. The first-order valence-electron chi connectivity index (χ1n) is 4.02. The molecule has 1 aromatic carbocycles. The lowest BCUT2D eigenvalue weighted by atomic mass is 10.3. The van der Waals surface area contributed by atoms with Gasteiger partial charge in [0.15, 0.2) is 0 Å². The average Bonchev–Trinajstić information content (AvgIpc) is 2.38. The summed E-state index contributed by atoms with van der Waals surface area (Å²) in [6.07, 6.45) is 4.02. The van der Waals surface area contributed by atoms with E-state index >= 15 is 0 Å². The Morgan fingerprint density at radius 2 is 2.15 bits per heavy atom. The van der Waals surface area contributed by atoms with Crippen LogP contribution in [0.5, 0.6) is 0 Å². The standard InChI is InChI=1S/C10H8N2O/c13-7-9-6-11-5-8-3-1-2-4-10(8)12-9/h1-7,9H. The minimum atomic E-state index is -0.445. The molecule has 1 aliphatic heterocycles. The van der Waals surface area contributed by atoms with E-state index in [1.165, 1.54) is 6.21 Å². The average molecular weight is 172 g/mol. The van der Waals surface area contributed by atoms with Crippen molar-refractivity contribution < 1.29 is 4.79 Å². The van der Waals surface area contributed by atoms with Crippen molar-refractivity contribution >= 4 is 18.7 Å². The van der Waals surface area contributed by atoms with Gasteiger partial charge in [0.2, 0.25) is 0 Å². The predicted molar refractivity (Wildman–Crippen MR) is 50.0 cm³/mol. The second-order valence-corrected chi connectivity index (χ2v) is 2.74. The number of carbonyl (C=O) groups excluding carboxylic acids is 1. The molecule has 0 radical (unpaired) electrons. The maximum Gasteiger partial charge on any atom is 0.149 e. The lowest BCUT2D eigenvalue weighted by Gasteiger charge is -1.91. The molecule has 0 amide bonds. The molecule has 0 saturated heterocycles. The van der Waals surface area contributed by atoms with Crippen LogP contribution in [0.3, 0.4) is 0 Å². The summed E-state index contributed by atoms with van der Waals surface area (Å²) in [6, 6.07) is 7.16. The van der Waals surface area contributed by atoms with Gasteiger partial charge in [0.1, 0.15) is 12.3 Å². The summed E-state index contributed by atoms with van der Waals surface area (Å²) in [5.41, 5.74) is 0. The third kappa shape index (κ3) is 1.54. The van der Waals surface area contributed by atoms with E-state index in [1.807, 2.05) is 24.3 Å². The van der Waals surface area contributed by atoms with E-state index in [0.717, 1.165) is 16.9 Å². The van der Waals surface area contributed by atoms with Crippen LogP contribution in [0, 0.1) is 0 Å². The summed E-state index contributed by atoms with van der Waals surface area (Å²) in [5.74, 6) is 0. The number of aldehydes is 1. The zero-order valence-electron chi connectivity index (χ0n) is 6.92. The highest BCUT2D eigenvalue weighted by Crippen LogP contribution is 1.85. The van der Waals surface area contributed by atoms with Gasteiger partial charge < -0.3 is 4.79 Å². The van der Waals surface area contributed by atoms with E-state index in [0.29, 0.717) is 0 Å². The van der Waals surface area contributed by atoms with Crippen LogP contribution in [-0.4, -0.2) is 18.5 Å². The molecule has 64 valence electrons. The van der Waals surface area contributed by atoms with Gasteiger partial charge in [-0.2, -0.15) is 0 Å². The number of fused-ring (bicyclic) bond motifs is 1. The van der Waals surface area contributed by atoms with Crippen molar-refractivity contribution in [1.82, 2.24) is 0 Å². The van der Waals surface area contributed by atoms with Crippen molar-refractivity contribution in [3.05, 3.63) is 34.8 Å². The summed E-state index contributed by atoms with van der Waals surface area (Å²) in [6.45, 7) is 0. The highest BCUT2D eigenvalue weighted by Gasteiger charge is 2.00. The van der Waals surface area contributed by atoms with Gasteiger partial charge >= 0.3 is 0 Å². The number of rotatable bonds is 1. The molecule has 0 spiro atoms. The van der Waals surface area contributed by atoms with E-state index in [1.54, 1.807) is 6.20 Å². The predicted octanol–water partition coefficient (Wildman–Crippen LogP) is -0.304. The highest BCUT2D eigenvalue weighted by molar-refractivity contribution is 5.86. The van der Waals surface area contributed by atoms with Crippen LogP contribution in [-0.2, 0) is 4.79 Å².